The SMILES string of the molecule is COCCN(C)CCNC(=O)N[C@H](C(=O)O)C(C)(C)C. The summed E-state index contributed by atoms with van der Waals surface area (Å²) in [7, 11) is 3.56. The summed E-state index contributed by atoms with van der Waals surface area (Å²) < 4.78 is 4.95. The van der Waals surface area contributed by atoms with Crippen molar-refractivity contribution in [1.82, 2.24) is 15.5 Å². The minimum absolute atomic E-state index is 0.447. The normalized spacial score (nSPS) is 13.1. The van der Waals surface area contributed by atoms with Gasteiger partial charge in [-0.25, -0.2) is 9.59 Å². The molecular formula is C13H27N3O4. The first-order valence-corrected chi connectivity index (χ1v) is 6.63. The van der Waals surface area contributed by atoms with Crippen LogP contribution in [-0.2, 0) is 9.53 Å². The number of carboxylic acids is 1. The van der Waals surface area contributed by atoms with Crippen LogP contribution in [0.3, 0.4) is 0 Å². The molecule has 0 heterocycles. The highest BCUT2D eigenvalue weighted by Gasteiger charge is 2.32. The summed E-state index contributed by atoms with van der Waals surface area (Å²) in [4.78, 5) is 24.8. The number of carbonyl (C=O) groups is 2. The molecule has 3 N–H and O–H groups in total. The summed E-state index contributed by atoms with van der Waals surface area (Å²) in [5.74, 6) is -1.04. The van der Waals surface area contributed by atoms with E-state index in [0.29, 0.717) is 19.7 Å². The van der Waals surface area contributed by atoms with Crippen molar-refractivity contribution in [3.63, 3.8) is 0 Å². The minimum atomic E-state index is -1.04. The van der Waals surface area contributed by atoms with Crippen molar-refractivity contribution >= 4 is 12.0 Å². The number of methoxy groups -OCH3 is 1. The Balaban J connectivity index is 4.07. The van der Waals surface area contributed by atoms with E-state index in [0.717, 1.165) is 6.54 Å². The van der Waals surface area contributed by atoms with Crippen molar-refractivity contribution in [3.05, 3.63) is 0 Å². The highest BCUT2D eigenvalue weighted by atomic mass is 16.5. The molecule has 0 aliphatic heterocycles. The second-order valence-electron chi connectivity index (χ2n) is 5.83. The number of carbonyl (C=O) groups excluding carboxylic acids is 1. The van der Waals surface area contributed by atoms with Gasteiger partial charge in [0.2, 0.25) is 0 Å². The topological polar surface area (TPSA) is 90.9 Å². The van der Waals surface area contributed by atoms with E-state index >= 15 is 0 Å². The van der Waals surface area contributed by atoms with Crippen LogP contribution in [0.15, 0.2) is 0 Å². The van der Waals surface area contributed by atoms with Crippen LogP contribution in [0, 0.1) is 5.41 Å². The molecule has 2 amide bonds. The van der Waals surface area contributed by atoms with Crippen LogP contribution in [0.2, 0.25) is 0 Å². The molecule has 0 aromatic carbocycles. The first-order chi connectivity index (χ1) is 9.18. The number of urea groups is 1. The van der Waals surface area contributed by atoms with Crippen molar-refractivity contribution in [2.24, 2.45) is 5.41 Å². The van der Waals surface area contributed by atoms with Crippen LogP contribution in [0.25, 0.3) is 0 Å². The maximum absolute atomic E-state index is 11.7. The molecule has 0 bridgehead atoms. The number of rotatable bonds is 8. The zero-order chi connectivity index (χ0) is 15.8. The Kier molecular flexibility index (Phi) is 8.17. The van der Waals surface area contributed by atoms with Gasteiger partial charge in [0.25, 0.3) is 0 Å². The van der Waals surface area contributed by atoms with Crippen molar-refractivity contribution in [1.29, 1.82) is 0 Å². The van der Waals surface area contributed by atoms with Gasteiger partial charge in [-0.15, -0.1) is 0 Å². The lowest BCUT2D eigenvalue weighted by Gasteiger charge is -2.27. The first kappa shape index (κ1) is 18.7. The number of carboxylic acid groups (broad SMARTS) is 1. The standard InChI is InChI=1S/C13H27N3O4/c1-13(2,3)10(11(17)18)15-12(19)14-6-7-16(4)8-9-20-5/h10H,6-9H2,1-5H3,(H,17,18)(H2,14,15,19)/t10-/m1/s1. The number of hydrogen-bond acceptors (Lipinski definition) is 4. The highest BCUT2D eigenvalue weighted by molar-refractivity contribution is 5.83. The lowest BCUT2D eigenvalue weighted by molar-refractivity contribution is -0.141. The Morgan fingerprint density at radius 1 is 1.30 bits per heavy atom. The third kappa shape index (κ3) is 7.96. The molecule has 1 atom stereocenters. The van der Waals surface area contributed by atoms with Gasteiger partial charge in [-0.3, -0.25) is 0 Å². The van der Waals surface area contributed by atoms with E-state index < -0.39 is 23.5 Å². The summed E-state index contributed by atoms with van der Waals surface area (Å²) in [5, 5.41) is 14.2. The average Bonchev–Trinajstić information content (AvgIpc) is 2.31. The molecule has 0 aromatic rings. The third-order valence-corrected chi connectivity index (χ3v) is 2.84. The van der Waals surface area contributed by atoms with Crippen LogP contribution in [0.4, 0.5) is 4.79 Å². The van der Waals surface area contributed by atoms with Gasteiger partial charge in [-0.05, 0) is 12.5 Å². The molecule has 0 saturated carbocycles. The summed E-state index contributed by atoms with van der Waals surface area (Å²) in [5.41, 5.74) is -0.543. The van der Waals surface area contributed by atoms with E-state index in [1.54, 1.807) is 27.9 Å². The van der Waals surface area contributed by atoms with Crippen molar-refractivity contribution in [3.8, 4) is 0 Å². The lowest BCUT2D eigenvalue weighted by atomic mass is 9.87. The molecule has 0 spiro atoms. The predicted octanol–water partition coefficient (Wildman–Crippen LogP) is 0.363. The monoisotopic (exact) mass is 289 g/mol. The van der Waals surface area contributed by atoms with Gasteiger partial charge in [0.15, 0.2) is 0 Å². The second-order valence-corrected chi connectivity index (χ2v) is 5.83. The molecule has 0 rings (SSSR count). The summed E-state index contributed by atoms with van der Waals surface area (Å²) in [6.45, 7) is 7.83. The Hall–Kier alpha value is -1.34. The van der Waals surface area contributed by atoms with Crippen molar-refractivity contribution < 1.29 is 19.4 Å². The average molecular weight is 289 g/mol. The Bertz CT molecular complexity index is 315. The van der Waals surface area contributed by atoms with Gasteiger partial charge in [-0.2, -0.15) is 0 Å². The van der Waals surface area contributed by atoms with Crippen LogP contribution in [0.5, 0.6) is 0 Å². The number of nitrogens with one attached hydrogen (secondary N) is 2. The number of hydrogen-bond donors (Lipinski definition) is 3. The maximum atomic E-state index is 11.7. The van der Waals surface area contributed by atoms with Gasteiger partial charge >= 0.3 is 12.0 Å². The van der Waals surface area contributed by atoms with E-state index in [9.17, 15) is 9.59 Å². The van der Waals surface area contributed by atoms with Crippen LogP contribution < -0.4 is 10.6 Å². The van der Waals surface area contributed by atoms with Gasteiger partial charge in [-0.1, -0.05) is 20.8 Å². The van der Waals surface area contributed by atoms with E-state index in [4.69, 9.17) is 9.84 Å². The molecule has 0 aliphatic rings. The third-order valence-electron chi connectivity index (χ3n) is 2.84. The molecule has 7 heteroatoms. The predicted molar refractivity (Wildman–Crippen MR) is 76.8 cm³/mol. The zero-order valence-electron chi connectivity index (χ0n) is 13.0. The number of aliphatic carboxylic acids is 1. The van der Waals surface area contributed by atoms with Gasteiger partial charge in [0.1, 0.15) is 6.04 Å². The van der Waals surface area contributed by atoms with Gasteiger partial charge in [0, 0.05) is 26.7 Å². The smallest absolute Gasteiger partial charge is 0.326 e. The Morgan fingerprint density at radius 2 is 1.90 bits per heavy atom. The van der Waals surface area contributed by atoms with E-state index in [1.165, 1.54) is 0 Å². The Labute approximate surface area is 120 Å². The van der Waals surface area contributed by atoms with Gasteiger partial charge in [0.05, 0.1) is 6.61 Å². The fourth-order valence-corrected chi connectivity index (χ4v) is 1.55. The number of amides is 2. The molecule has 0 unspecified atom stereocenters. The van der Waals surface area contributed by atoms with Crippen molar-refractivity contribution in [2.75, 3.05) is 40.4 Å². The molecule has 0 radical (unpaired) electrons. The Morgan fingerprint density at radius 3 is 2.35 bits per heavy atom. The van der Waals surface area contributed by atoms with Gasteiger partial charge < -0.3 is 25.4 Å². The zero-order valence-corrected chi connectivity index (χ0v) is 13.0. The second kappa shape index (κ2) is 8.76. The summed E-state index contributed by atoms with van der Waals surface area (Å²) in [6, 6.07) is -1.39. The maximum Gasteiger partial charge on any atom is 0.326 e. The van der Waals surface area contributed by atoms with Crippen molar-refractivity contribution in [2.45, 2.75) is 26.8 Å². The molecule has 0 fully saturated rings. The molecule has 0 aliphatic carbocycles. The fraction of sp³-hybridized carbons (Fsp3) is 0.846. The largest absolute Gasteiger partial charge is 0.480 e. The first-order valence-electron chi connectivity index (χ1n) is 6.63. The summed E-state index contributed by atoms with van der Waals surface area (Å²) >= 11 is 0. The van der Waals surface area contributed by atoms with Crippen LogP contribution >= 0.6 is 0 Å². The number of likely N-dealkylation sites (N-methyl/N-ethyl adjacent to an activating group) is 1. The van der Waals surface area contributed by atoms with Crippen LogP contribution in [0.1, 0.15) is 20.8 Å². The van der Waals surface area contributed by atoms with E-state index in [1.807, 2.05) is 11.9 Å². The minimum Gasteiger partial charge on any atom is -0.480 e. The number of nitrogens with zero attached hydrogens (tertiary/aromatic N) is 1. The fourth-order valence-electron chi connectivity index (χ4n) is 1.55. The lowest BCUT2D eigenvalue weighted by Crippen LogP contribution is -2.52. The molecule has 0 saturated heterocycles. The molecule has 20 heavy (non-hydrogen) atoms. The number of ether oxygens (including phenoxy) is 1. The quantitative estimate of drug-likeness (QED) is 0.600. The van der Waals surface area contributed by atoms with Crippen LogP contribution in [-0.4, -0.2) is 68.4 Å². The summed E-state index contributed by atoms with van der Waals surface area (Å²) in [6.07, 6.45) is 0. The molecule has 0 aromatic heterocycles. The van der Waals surface area contributed by atoms with E-state index in [-0.39, 0.29) is 0 Å². The molecular weight excluding hydrogens is 262 g/mol. The van der Waals surface area contributed by atoms with E-state index in [2.05, 4.69) is 10.6 Å². The molecule has 7 nitrogen and oxygen atoms in total. The highest BCUT2D eigenvalue weighted by Crippen LogP contribution is 2.19. The molecule has 118 valence electrons.